The number of rotatable bonds is 5. The summed E-state index contributed by atoms with van der Waals surface area (Å²) in [7, 11) is 3.58. The fraction of sp³-hybridized carbons (Fsp3) is 0.529. The van der Waals surface area contributed by atoms with Gasteiger partial charge >= 0.3 is 5.97 Å². The van der Waals surface area contributed by atoms with E-state index in [2.05, 4.69) is 33.7 Å². The van der Waals surface area contributed by atoms with E-state index in [0.717, 1.165) is 43.6 Å². The number of hydrogen-bond donors (Lipinski definition) is 1. The number of carbonyl (C=O) groups is 1. The van der Waals surface area contributed by atoms with Crippen molar-refractivity contribution in [2.24, 2.45) is 0 Å². The second-order valence-corrected chi connectivity index (χ2v) is 7.29. The number of esters is 1. The molecule has 0 aliphatic carbocycles. The number of hydrogen-bond acceptors (Lipinski definition) is 6. The highest BCUT2D eigenvalue weighted by molar-refractivity contribution is 7.17. The van der Waals surface area contributed by atoms with Crippen LogP contribution in [-0.4, -0.2) is 48.6 Å². The predicted octanol–water partition coefficient (Wildman–Crippen LogP) is 2.41. The smallest absolute Gasteiger partial charge is 0.307 e. The molecular formula is C17H23N3O2S. The summed E-state index contributed by atoms with van der Waals surface area (Å²) in [5.74, 6) is -0.145. The number of carbonyl (C=O) groups excluding carboxylic acids is 1. The highest BCUT2D eigenvalue weighted by Gasteiger charge is 2.35. The molecule has 0 spiro atoms. The van der Waals surface area contributed by atoms with Crippen LogP contribution in [0.3, 0.4) is 0 Å². The van der Waals surface area contributed by atoms with Crippen LogP contribution in [0.4, 0.5) is 0 Å². The number of nitrogens with one attached hydrogen (secondary N) is 1. The van der Waals surface area contributed by atoms with Gasteiger partial charge in [-0.25, -0.2) is 0 Å². The van der Waals surface area contributed by atoms with Crippen LogP contribution in [0, 0.1) is 0 Å². The maximum atomic E-state index is 11.8. The molecule has 2 aromatic rings. The number of piperidine rings is 1. The van der Waals surface area contributed by atoms with E-state index in [0.29, 0.717) is 6.42 Å². The van der Waals surface area contributed by atoms with Gasteiger partial charge in [0.25, 0.3) is 0 Å². The quantitative estimate of drug-likeness (QED) is 0.852. The van der Waals surface area contributed by atoms with Crippen LogP contribution >= 0.6 is 11.3 Å². The number of nitrogens with zero attached hydrogens (tertiary/aromatic N) is 2. The van der Waals surface area contributed by atoms with E-state index in [1.165, 1.54) is 11.8 Å². The molecule has 0 radical (unpaired) electrons. The number of fused-ring (bicyclic) bond motifs is 1. The van der Waals surface area contributed by atoms with Crippen LogP contribution in [0.15, 0.2) is 23.7 Å². The van der Waals surface area contributed by atoms with Gasteiger partial charge in [0.05, 0.1) is 23.7 Å². The van der Waals surface area contributed by atoms with Crippen molar-refractivity contribution in [3.05, 3.63) is 29.3 Å². The summed E-state index contributed by atoms with van der Waals surface area (Å²) in [5, 5.41) is 5.69. The van der Waals surface area contributed by atoms with Crippen molar-refractivity contribution in [3.63, 3.8) is 0 Å². The first kappa shape index (κ1) is 16.4. The van der Waals surface area contributed by atoms with Crippen LogP contribution in [0.25, 0.3) is 10.2 Å². The Hall–Kier alpha value is -1.50. The fourth-order valence-corrected chi connectivity index (χ4v) is 3.89. The van der Waals surface area contributed by atoms with E-state index in [4.69, 9.17) is 4.74 Å². The zero-order valence-electron chi connectivity index (χ0n) is 13.7. The van der Waals surface area contributed by atoms with Crippen molar-refractivity contribution in [2.45, 2.75) is 31.3 Å². The van der Waals surface area contributed by atoms with E-state index in [9.17, 15) is 4.79 Å². The van der Waals surface area contributed by atoms with Gasteiger partial charge in [0.15, 0.2) is 0 Å². The lowest BCUT2D eigenvalue weighted by atomic mass is 9.84. The number of likely N-dealkylation sites (tertiary alicyclic amines) is 1. The second-order valence-electron chi connectivity index (χ2n) is 6.34. The molecule has 3 heterocycles. The first-order valence-corrected chi connectivity index (χ1v) is 8.81. The number of ether oxygens (including phenoxy) is 1. The molecule has 1 aliphatic heterocycles. The molecule has 23 heavy (non-hydrogen) atoms. The van der Waals surface area contributed by atoms with Gasteiger partial charge in [0.1, 0.15) is 0 Å². The van der Waals surface area contributed by atoms with Gasteiger partial charge < -0.3 is 15.0 Å². The molecule has 1 fully saturated rings. The minimum absolute atomic E-state index is 0.145. The molecule has 0 unspecified atom stereocenters. The lowest BCUT2D eigenvalue weighted by Gasteiger charge is -2.41. The van der Waals surface area contributed by atoms with Crippen LogP contribution in [0.1, 0.15) is 24.8 Å². The molecule has 3 rings (SSSR count). The normalized spacial score (nSPS) is 18.2. The van der Waals surface area contributed by atoms with Gasteiger partial charge in [-0.3, -0.25) is 9.78 Å². The molecule has 0 bridgehead atoms. The van der Waals surface area contributed by atoms with Gasteiger partial charge in [-0.2, -0.15) is 0 Å². The molecule has 124 valence electrons. The van der Waals surface area contributed by atoms with E-state index in [1.54, 1.807) is 11.3 Å². The summed E-state index contributed by atoms with van der Waals surface area (Å²) in [5.41, 5.74) is 2.02. The number of pyridine rings is 1. The van der Waals surface area contributed by atoms with Crippen molar-refractivity contribution in [2.75, 3.05) is 27.2 Å². The monoisotopic (exact) mass is 333 g/mol. The molecule has 5 nitrogen and oxygen atoms in total. The third-order valence-corrected chi connectivity index (χ3v) is 5.53. The van der Waals surface area contributed by atoms with Gasteiger partial charge in [-0.15, -0.1) is 11.3 Å². The van der Waals surface area contributed by atoms with Gasteiger partial charge in [0, 0.05) is 18.3 Å². The van der Waals surface area contributed by atoms with Crippen LogP contribution < -0.4 is 5.32 Å². The van der Waals surface area contributed by atoms with Crippen molar-refractivity contribution >= 4 is 27.5 Å². The molecule has 1 saturated heterocycles. The molecule has 1 N–H and O–H groups in total. The highest BCUT2D eigenvalue weighted by Crippen LogP contribution is 2.27. The third-order valence-electron chi connectivity index (χ3n) is 4.68. The third kappa shape index (κ3) is 3.88. The molecule has 0 saturated carbocycles. The minimum atomic E-state index is -0.177. The minimum Gasteiger partial charge on any atom is -0.469 e. The lowest BCUT2D eigenvalue weighted by molar-refractivity contribution is -0.143. The summed E-state index contributed by atoms with van der Waals surface area (Å²) < 4.78 is 6.10. The van der Waals surface area contributed by atoms with Gasteiger partial charge in [-0.05, 0) is 56.1 Å². The number of thiophene rings is 1. The van der Waals surface area contributed by atoms with Crippen LogP contribution in [0.5, 0.6) is 0 Å². The maximum absolute atomic E-state index is 11.8. The molecule has 0 amide bonds. The Morgan fingerprint density at radius 2 is 2.26 bits per heavy atom. The second kappa shape index (κ2) is 6.95. The standard InChI is InChI=1S/C17H23N3O2S/c1-20-6-4-17(5-7-20,10-16(21)22-2)19-12-13-9-15-14(18-11-13)3-8-23-15/h3,8-9,11,19H,4-7,10,12H2,1-2H3. The first-order valence-electron chi connectivity index (χ1n) is 7.93. The maximum Gasteiger partial charge on any atom is 0.307 e. The van der Waals surface area contributed by atoms with E-state index >= 15 is 0 Å². The molecule has 1 aliphatic rings. The van der Waals surface area contributed by atoms with Crippen molar-refractivity contribution in [1.82, 2.24) is 15.2 Å². The molecule has 6 heteroatoms. The van der Waals surface area contributed by atoms with Crippen LogP contribution in [-0.2, 0) is 16.1 Å². The van der Waals surface area contributed by atoms with Gasteiger partial charge in [-0.1, -0.05) is 0 Å². The van der Waals surface area contributed by atoms with Crippen molar-refractivity contribution in [1.29, 1.82) is 0 Å². The Labute approximate surface area is 140 Å². The highest BCUT2D eigenvalue weighted by atomic mass is 32.1. The van der Waals surface area contributed by atoms with E-state index < -0.39 is 0 Å². The predicted molar refractivity (Wildman–Crippen MR) is 92.6 cm³/mol. The van der Waals surface area contributed by atoms with Gasteiger partial charge in [0.2, 0.25) is 0 Å². The van der Waals surface area contributed by atoms with E-state index in [-0.39, 0.29) is 11.5 Å². The first-order chi connectivity index (χ1) is 11.1. The zero-order valence-corrected chi connectivity index (χ0v) is 14.5. The summed E-state index contributed by atoms with van der Waals surface area (Å²) in [6.07, 6.45) is 4.25. The fourth-order valence-electron chi connectivity index (χ4n) is 3.08. The summed E-state index contributed by atoms with van der Waals surface area (Å²) >= 11 is 1.71. The summed E-state index contributed by atoms with van der Waals surface area (Å²) in [6, 6.07) is 4.22. The average molecular weight is 333 g/mol. The molecule has 0 aromatic carbocycles. The molecule has 0 atom stereocenters. The molecular weight excluding hydrogens is 310 g/mol. The topological polar surface area (TPSA) is 54.5 Å². The number of aromatic nitrogens is 1. The Bertz CT molecular complexity index is 677. The Balaban J connectivity index is 1.71. The van der Waals surface area contributed by atoms with Crippen LogP contribution in [0.2, 0.25) is 0 Å². The Morgan fingerprint density at radius 1 is 1.48 bits per heavy atom. The lowest BCUT2D eigenvalue weighted by Crippen LogP contribution is -2.53. The zero-order chi connectivity index (χ0) is 16.3. The van der Waals surface area contributed by atoms with Crippen molar-refractivity contribution in [3.8, 4) is 0 Å². The Morgan fingerprint density at radius 3 is 3.00 bits per heavy atom. The summed E-state index contributed by atoms with van der Waals surface area (Å²) in [4.78, 5) is 18.6. The average Bonchev–Trinajstić information content (AvgIpc) is 3.03. The summed E-state index contributed by atoms with van der Waals surface area (Å²) in [6.45, 7) is 2.71. The Kier molecular flexibility index (Phi) is 4.94. The SMILES string of the molecule is COC(=O)CC1(NCc2cnc3ccsc3c2)CCN(C)CC1. The largest absolute Gasteiger partial charge is 0.469 e. The molecule has 2 aromatic heterocycles. The van der Waals surface area contributed by atoms with Crippen molar-refractivity contribution < 1.29 is 9.53 Å². The number of methoxy groups -OCH3 is 1. The van der Waals surface area contributed by atoms with E-state index in [1.807, 2.05) is 12.3 Å².